The summed E-state index contributed by atoms with van der Waals surface area (Å²) >= 11 is 0. The molecule has 150 valence electrons. The number of benzene rings is 2. The van der Waals surface area contributed by atoms with Gasteiger partial charge < -0.3 is 16.4 Å². The summed E-state index contributed by atoms with van der Waals surface area (Å²) in [5, 5.41) is 14.9. The molecule has 0 atom stereocenters. The smallest absolute Gasteiger partial charge is 0.229 e. The maximum atomic E-state index is 11.1. The summed E-state index contributed by atoms with van der Waals surface area (Å²) < 4.78 is 0. The normalized spacial score (nSPS) is 13.3. The number of carbonyl (C=O) groups excluding carboxylic acids is 1. The van der Waals surface area contributed by atoms with E-state index in [1.165, 1.54) is 12.8 Å². The highest BCUT2D eigenvalue weighted by Gasteiger charge is 2.25. The average Bonchev–Trinajstić information content (AvgIpc) is 3.48. The van der Waals surface area contributed by atoms with Crippen LogP contribution in [0.4, 0.5) is 23.3 Å². The molecular weight excluding hydrogens is 378 g/mol. The Labute approximate surface area is 172 Å². The molecular formula is C22H21N7O. The molecule has 5 rings (SSSR count). The Balaban J connectivity index is 1.43. The highest BCUT2D eigenvalue weighted by molar-refractivity contribution is 5.91. The van der Waals surface area contributed by atoms with Crippen molar-refractivity contribution in [3.05, 3.63) is 65.9 Å². The molecule has 5 N–H and O–H groups in total. The average molecular weight is 399 g/mol. The van der Waals surface area contributed by atoms with Crippen LogP contribution in [0.25, 0.3) is 10.9 Å². The van der Waals surface area contributed by atoms with E-state index in [1.54, 1.807) is 0 Å². The molecule has 1 amide bonds. The van der Waals surface area contributed by atoms with E-state index in [0.29, 0.717) is 17.7 Å². The Morgan fingerprint density at radius 1 is 1.07 bits per heavy atom. The molecule has 8 nitrogen and oxygen atoms in total. The van der Waals surface area contributed by atoms with Crippen molar-refractivity contribution in [2.45, 2.75) is 25.2 Å². The number of nitrogens with two attached hydrogens (primary N) is 1. The highest BCUT2D eigenvalue weighted by Crippen LogP contribution is 2.39. The number of aromatic nitrogens is 4. The van der Waals surface area contributed by atoms with Crippen LogP contribution in [0.2, 0.25) is 0 Å². The molecule has 1 fully saturated rings. The first-order chi connectivity index (χ1) is 14.6. The van der Waals surface area contributed by atoms with Crippen molar-refractivity contribution >= 4 is 40.1 Å². The number of anilines is 4. The van der Waals surface area contributed by atoms with Gasteiger partial charge in [-0.25, -0.2) is 4.98 Å². The van der Waals surface area contributed by atoms with Gasteiger partial charge in [-0.2, -0.15) is 10.1 Å². The van der Waals surface area contributed by atoms with Gasteiger partial charge in [-0.05, 0) is 42.7 Å². The van der Waals surface area contributed by atoms with E-state index < -0.39 is 0 Å². The largest absolute Gasteiger partial charge is 0.369 e. The Morgan fingerprint density at radius 3 is 2.63 bits per heavy atom. The number of hydrogen-bond acceptors (Lipinski definition) is 6. The summed E-state index contributed by atoms with van der Waals surface area (Å²) in [5.74, 6) is 2.14. The molecule has 0 unspecified atom stereocenters. The topological polar surface area (TPSA) is 122 Å². The van der Waals surface area contributed by atoms with Gasteiger partial charge in [0.1, 0.15) is 5.82 Å². The van der Waals surface area contributed by atoms with Crippen LogP contribution in [0.3, 0.4) is 0 Å². The molecule has 0 bridgehead atoms. The molecule has 2 heterocycles. The van der Waals surface area contributed by atoms with Gasteiger partial charge in [0.25, 0.3) is 0 Å². The number of nitrogens with zero attached hydrogens (tertiary/aromatic N) is 3. The van der Waals surface area contributed by atoms with Crippen molar-refractivity contribution in [3.8, 4) is 0 Å². The summed E-state index contributed by atoms with van der Waals surface area (Å²) in [7, 11) is 0. The summed E-state index contributed by atoms with van der Waals surface area (Å²) in [6, 6.07) is 17.3. The SMILES string of the molecule is NC(=O)Cc1ccc(Nc2nc(Nc3cc(C4CC4)[nH]n3)c3ccccc3n2)cc1. The molecule has 0 spiro atoms. The van der Waals surface area contributed by atoms with Crippen LogP contribution < -0.4 is 16.4 Å². The number of primary amides is 1. The first-order valence-electron chi connectivity index (χ1n) is 9.87. The molecule has 30 heavy (non-hydrogen) atoms. The zero-order valence-electron chi connectivity index (χ0n) is 16.2. The highest BCUT2D eigenvalue weighted by atomic mass is 16.1. The van der Waals surface area contributed by atoms with Crippen LogP contribution in [0.15, 0.2) is 54.6 Å². The summed E-state index contributed by atoms with van der Waals surface area (Å²) in [5.41, 5.74) is 8.91. The van der Waals surface area contributed by atoms with Crippen LogP contribution in [0.1, 0.15) is 30.0 Å². The van der Waals surface area contributed by atoms with Crippen LogP contribution >= 0.6 is 0 Å². The Kier molecular flexibility index (Phi) is 4.51. The van der Waals surface area contributed by atoms with Gasteiger partial charge in [0, 0.05) is 28.8 Å². The predicted molar refractivity (Wildman–Crippen MR) is 116 cm³/mol. The second-order valence-electron chi connectivity index (χ2n) is 7.49. The molecule has 0 aliphatic heterocycles. The molecule has 1 aliphatic rings. The lowest BCUT2D eigenvalue weighted by molar-refractivity contribution is -0.117. The van der Waals surface area contributed by atoms with E-state index >= 15 is 0 Å². The quantitative estimate of drug-likeness (QED) is 0.375. The van der Waals surface area contributed by atoms with E-state index in [9.17, 15) is 4.79 Å². The lowest BCUT2D eigenvalue weighted by Crippen LogP contribution is -2.13. The third-order valence-electron chi connectivity index (χ3n) is 5.05. The fraction of sp³-hybridized carbons (Fsp3) is 0.182. The second-order valence-corrected chi connectivity index (χ2v) is 7.49. The van der Waals surface area contributed by atoms with Gasteiger partial charge in [-0.1, -0.05) is 24.3 Å². The number of hydrogen-bond donors (Lipinski definition) is 4. The number of aromatic amines is 1. The number of H-pyrrole nitrogens is 1. The standard InChI is InChI=1S/C22H21N7O/c23-19(30)11-13-5-9-15(10-6-13)24-22-25-17-4-2-1-3-16(17)21(27-22)26-20-12-18(28-29-20)14-7-8-14/h1-6,9-10,12,14H,7-8,11H2,(H2,23,30)(H3,24,25,26,27,28,29). The zero-order chi connectivity index (χ0) is 20.5. The number of nitrogens with one attached hydrogen (secondary N) is 3. The number of fused-ring (bicyclic) bond motifs is 1. The molecule has 0 radical (unpaired) electrons. The molecule has 2 aromatic carbocycles. The molecule has 0 saturated heterocycles. The molecule has 1 saturated carbocycles. The second kappa shape index (κ2) is 7.47. The van der Waals surface area contributed by atoms with E-state index in [2.05, 4.69) is 30.8 Å². The van der Waals surface area contributed by atoms with Crippen LogP contribution in [-0.2, 0) is 11.2 Å². The van der Waals surface area contributed by atoms with E-state index in [-0.39, 0.29) is 12.3 Å². The Hall–Kier alpha value is -3.94. The molecule has 2 aromatic heterocycles. The van der Waals surface area contributed by atoms with Gasteiger partial charge in [0.05, 0.1) is 11.9 Å². The fourth-order valence-electron chi connectivity index (χ4n) is 3.39. The first kappa shape index (κ1) is 18.1. The van der Waals surface area contributed by atoms with E-state index in [4.69, 9.17) is 5.73 Å². The monoisotopic (exact) mass is 399 g/mol. The minimum atomic E-state index is -0.354. The van der Waals surface area contributed by atoms with Crippen molar-refractivity contribution in [3.63, 3.8) is 0 Å². The van der Waals surface area contributed by atoms with Gasteiger partial charge >= 0.3 is 0 Å². The molecule has 8 heteroatoms. The minimum absolute atomic E-state index is 0.216. The number of amides is 1. The molecule has 4 aromatic rings. The van der Waals surface area contributed by atoms with Gasteiger partial charge in [-0.3, -0.25) is 9.89 Å². The third kappa shape index (κ3) is 3.93. The summed E-state index contributed by atoms with van der Waals surface area (Å²) in [6.45, 7) is 0. The van der Waals surface area contributed by atoms with Crippen LogP contribution in [0, 0.1) is 0 Å². The molecule has 1 aliphatic carbocycles. The van der Waals surface area contributed by atoms with E-state index in [1.807, 2.05) is 54.6 Å². The number of carbonyl (C=O) groups is 1. The van der Waals surface area contributed by atoms with Gasteiger partial charge in [0.2, 0.25) is 11.9 Å². The lowest BCUT2D eigenvalue weighted by atomic mass is 10.1. The third-order valence-corrected chi connectivity index (χ3v) is 5.05. The predicted octanol–water partition coefficient (Wildman–Crippen LogP) is 3.75. The van der Waals surface area contributed by atoms with Crippen molar-refractivity contribution in [1.29, 1.82) is 0 Å². The maximum Gasteiger partial charge on any atom is 0.229 e. The lowest BCUT2D eigenvalue weighted by Gasteiger charge is -2.11. The summed E-state index contributed by atoms with van der Waals surface area (Å²) in [4.78, 5) is 20.4. The zero-order valence-corrected chi connectivity index (χ0v) is 16.2. The number of para-hydroxylation sites is 1. The number of rotatable bonds is 7. The Morgan fingerprint density at radius 2 is 1.87 bits per heavy atom. The Bertz CT molecular complexity index is 1210. The van der Waals surface area contributed by atoms with Gasteiger partial charge in [0.15, 0.2) is 5.82 Å². The van der Waals surface area contributed by atoms with E-state index in [0.717, 1.165) is 33.7 Å². The van der Waals surface area contributed by atoms with Crippen molar-refractivity contribution in [1.82, 2.24) is 20.2 Å². The van der Waals surface area contributed by atoms with Gasteiger partial charge in [-0.15, -0.1) is 0 Å². The van der Waals surface area contributed by atoms with Crippen LogP contribution in [-0.4, -0.2) is 26.1 Å². The summed E-state index contributed by atoms with van der Waals surface area (Å²) in [6.07, 6.45) is 2.64. The van der Waals surface area contributed by atoms with Crippen molar-refractivity contribution < 1.29 is 4.79 Å². The maximum absolute atomic E-state index is 11.1. The minimum Gasteiger partial charge on any atom is -0.369 e. The van der Waals surface area contributed by atoms with Crippen molar-refractivity contribution in [2.75, 3.05) is 10.6 Å². The van der Waals surface area contributed by atoms with Crippen LogP contribution in [0.5, 0.6) is 0 Å². The van der Waals surface area contributed by atoms with Crippen molar-refractivity contribution in [2.24, 2.45) is 5.73 Å². The first-order valence-corrected chi connectivity index (χ1v) is 9.87. The fourth-order valence-corrected chi connectivity index (χ4v) is 3.39.